The molecule has 2 rings (SSSR count). The molecule has 2 aromatic carbocycles. The Labute approximate surface area is 139 Å². The molecule has 7 nitrogen and oxygen atoms in total. The number of nitrogens with one attached hydrogen (secondary N) is 2. The van der Waals surface area contributed by atoms with Crippen LogP contribution in [-0.4, -0.2) is 17.4 Å². The lowest BCUT2D eigenvalue weighted by atomic mass is 10.1. The molecule has 0 unspecified atom stereocenters. The number of carbonyl (C=O) groups is 1. The number of nitriles is 1. The molecule has 0 aromatic heterocycles. The summed E-state index contributed by atoms with van der Waals surface area (Å²) in [6.45, 7) is 3.75. The Bertz CT molecular complexity index is 820. The third-order valence-electron chi connectivity index (χ3n) is 3.52. The molecule has 2 N–H and O–H groups in total. The van der Waals surface area contributed by atoms with Crippen molar-refractivity contribution in [2.24, 2.45) is 0 Å². The van der Waals surface area contributed by atoms with E-state index in [1.54, 1.807) is 0 Å². The van der Waals surface area contributed by atoms with Gasteiger partial charge in [-0.05, 0) is 31.0 Å². The fraction of sp³-hybridized carbons (Fsp3) is 0.176. The van der Waals surface area contributed by atoms with Crippen LogP contribution in [0.5, 0.6) is 0 Å². The molecular weight excluding hydrogens is 308 g/mol. The topological polar surface area (TPSA) is 108 Å². The van der Waals surface area contributed by atoms with Crippen molar-refractivity contribution in [1.82, 2.24) is 0 Å². The number of aryl methyl sites for hydroxylation is 2. The Morgan fingerprint density at radius 3 is 2.50 bits per heavy atom. The van der Waals surface area contributed by atoms with Gasteiger partial charge in [0.05, 0.1) is 22.7 Å². The largest absolute Gasteiger partial charge is 0.375 e. The molecule has 0 bridgehead atoms. The normalized spacial score (nSPS) is 9.88. The van der Waals surface area contributed by atoms with Gasteiger partial charge in [-0.25, -0.2) is 0 Å². The Hall–Kier alpha value is -3.40. The highest BCUT2D eigenvalue weighted by Crippen LogP contribution is 2.22. The maximum absolute atomic E-state index is 12.1. The van der Waals surface area contributed by atoms with Gasteiger partial charge in [0.25, 0.3) is 5.69 Å². The Kier molecular flexibility index (Phi) is 5.12. The highest BCUT2D eigenvalue weighted by Gasteiger charge is 2.12. The first-order chi connectivity index (χ1) is 11.4. The predicted octanol–water partition coefficient (Wildman–Crippen LogP) is 3.13. The number of rotatable bonds is 5. The third kappa shape index (κ3) is 3.87. The fourth-order valence-electron chi connectivity index (χ4n) is 2.26. The lowest BCUT2D eigenvalue weighted by molar-refractivity contribution is -0.384. The van der Waals surface area contributed by atoms with Crippen molar-refractivity contribution in [3.8, 4) is 6.07 Å². The number of hydrogen-bond donors (Lipinski definition) is 2. The van der Waals surface area contributed by atoms with Gasteiger partial charge in [0.2, 0.25) is 5.91 Å². The van der Waals surface area contributed by atoms with Gasteiger partial charge in [0.1, 0.15) is 6.07 Å². The van der Waals surface area contributed by atoms with Gasteiger partial charge < -0.3 is 10.6 Å². The zero-order valence-electron chi connectivity index (χ0n) is 13.3. The van der Waals surface area contributed by atoms with E-state index < -0.39 is 4.92 Å². The molecule has 0 heterocycles. The molecule has 2 aromatic rings. The molecule has 0 spiro atoms. The van der Waals surface area contributed by atoms with Crippen LogP contribution in [0.25, 0.3) is 0 Å². The molecular formula is C17H16N4O3. The second kappa shape index (κ2) is 7.24. The zero-order valence-corrected chi connectivity index (χ0v) is 13.3. The van der Waals surface area contributed by atoms with Crippen molar-refractivity contribution in [2.45, 2.75) is 13.8 Å². The van der Waals surface area contributed by atoms with Crippen molar-refractivity contribution in [3.05, 3.63) is 63.2 Å². The van der Waals surface area contributed by atoms with Crippen molar-refractivity contribution < 1.29 is 9.72 Å². The van der Waals surface area contributed by atoms with Crippen LogP contribution < -0.4 is 10.6 Å². The summed E-state index contributed by atoms with van der Waals surface area (Å²) >= 11 is 0. The molecule has 1 amide bonds. The SMILES string of the molecule is Cc1cccc(C)c1NC(=O)CNc1ccc([N+](=O)[O-])cc1C#N. The standard InChI is InChI=1S/C17H16N4O3/c1-11-4-3-5-12(2)17(11)20-16(22)10-19-15-7-6-14(21(23)24)8-13(15)9-18/h3-8,19H,10H2,1-2H3,(H,20,22). The first-order valence-electron chi connectivity index (χ1n) is 7.21. The Morgan fingerprint density at radius 1 is 1.25 bits per heavy atom. The second-order valence-corrected chi connectivity index (χ2v) is 5.27. The number of hydrogen-bond acceptors (Lipinski definition) is 5. The number of amides is 1. The molecule has 0 aliphatic carbocycles. The first-order valence-corrected chi connectivity index (χ1v) is 7.21. The molecule has 122 valence electrons. The van der Waals surface area contributed by atoms with Crippen LogP contribution in [0.4, 0.5) is 17.1 Å². The van der Waals surface area contributed by atoms with E-state index in [1.165, 1.54) is 18.2 Å². The van der Waals surface area contributed by atoms with E-state index in [-0.39, 0.29) is 23.7 Å². The first kappa shape index (κ1) is 17.0. The second-order valence-electron chi connectivity index (χ2n) is 5.27. The van der Waals surface area contributed by atoms with Crippen molar-refractivity contribution >= 4 is 23.0 Å². The Balaban J connectivity index is 2.07. The van der Waals surface area contributed by atoms with Crippen LogP contribution in [-0.2, 0) is 4.79 Å². The van der Waals surface area contributed by atoms with Crippen molar-refractivity contribution in [3.63, 3.8) is 0 Å². The quantitative estimate of drug-likeness (QED) is 0.649. The van der Waals surface area contributed by atoms with Crippen LogP contribution in [0.2, 0.25) is 0 Å². The summed E-state index contributed by atoms with van der Waals surface area (Å²) in [7, 11) is 0. The van der Waals surface area contributed by atoms with E-state index in [4.69, 9.17) is 5.26 Å². The minimum atomic E-state index is -0.571. The van der Waals surface area contributed by atoms with Crippen LogP contribution in [0.3, 0.4) is 0 Å². The third-order valence-corrected chi connectivity index (χ3v) is 3.52. The average molecular weight is 324 g/mol. The molecule has 7 heteroatoms. The average Bonchev–Trinajstić information content (AvgIpc) is 2.56. The van der Waals surface area contributed by atoms with E-state index in [0.717, 1.165) is 16.8 Å². The monoisotopic (exact) mass is 324 g/mol. The smallest absolute Gasteiger partial charge is 0.270 e. The molecule has 0 aliphatic rings. The number of non-ortho nitro benzene ring substituents is 1. The van der Waals surface area contributed by atoms with E-state index in [2.05, 4.69) is 10.6 Å². The van der Waals surface area contributed by atoms with Crippen LogP contribution in [0, 0.1) is 35.3 Å². The molecule has 24 heavy (non-hydrogen) atoms. The van der Waals surface area contributed by atoms with Gasteiger partial charge in [-0.2, -0.15) is 5.26 Å². The van der Waals surface area contributed by atoms with Crippen molar-refractivity contribution in [2.75, 3.05) is 17.2 Å². The number of nitrogens with zero attached hydrogens (tertiary/aromatic N) is 2. The minimum Gasteiger partial charge on any atom is -0.375 e. The minimum absolute atomic E-state index is 0.0553. The summed E-state index contributed by atoms with van der Waals surface area (Å²) in [4.78, 5) is 22.3. The Morgan fingerprint density at radius 2 is 1.92 bits per heavy atom. The molecule has 0 fully saturated rings. The van der Waals surface area contributed by atoms with Gasteiger partial charge in [-0.15, -0.1) is 0 Å². The molecule has 0 saturated carbocycles. The maximum Gasteiger partial charge on any atom is 0.270 e. The van der Waals surface area contributed by atoms with Gasteiger partial charge in [-0.1, -0.05) is 18.2 Å². The lowest BCUT2D eigenvalue weighted by Gasteiger charge is -2.12. The van der Waals surface area contributed by atoms with Gasteiger partial charge >= 0.3 is 0 Å². The number of para-hydroxylation sites is 1. The number of benzene rings is 2. The number of anilines is 2. The van der Waals surface area contributed by atoms with E-state index in [9.17, 15) is 14.9 Å². The van der Waals surface area contributed by atoms with Gasteiger partial charge in [0, 0.05) is 17.8 Å². The highest BCUT2D eigenvalue weighted by molar-refractivity contribution is 5.95. The zero-order chi connectivity index (χ0) is 17.7. The number of nitro groups is 1. The summed E-state index contributed by atoms with van der Waals surface area (Å²) in [5.41, 5.74) is 2.99. The fourth-order valence-corrected chi connectivity index (χ4v) is 2.26. The summed E-state index contributed by atoms with van der Waals surface area (Å²) in [6, 6.07) is 11.5. The molecule has 0 aliphatic heterocycles. The van der Waals surface area contributed by atoms with Crippen LogP contribution in [0.1, 0.15) is 16.7 Å². The lowest BCUT2D eigenvalue weighted by Crippen LogP contribution is -2.23. The summed E-state index contributed by atoms with van der Waals surface area (Å²) in [5.74, 6) is -0.269. The molecule has 0 saturated heterocycles. The van der Waals surface area contributed by atoms with E-state index in [1.807, 2.05) is 38.1 Å². The van der Waals surface area contributed by atoms with Gasteiger partial charge in [-0.3, -0.25) is 14.9 Å². The summed E-state index contributed by atoms with van der Waals surface area (Å²) in [6.07, 6.45) is 0. The summed E-state index contributed by atoms with van der Waals surface area (Å²) in [5, 5.41) is 25.5. The van der Waals surface area contributed by atoms with Crippen LogP contribution in [0.15, 0.2) is 36.4 Å². The highest BCUT2D eigenvalue weighted by atomic mass is 16.6. The van der Waals surface area contributed by atoms with Gasteiger partial charge in [0.15, 0.2) is 0 Å². The maximum atomic E-state index is 12.1. The predicted molar refractivity (Wildman–Crippen MR) is 90.8 cm³/mol. The summed E-state index contributed by atoms with van der Waals surface area (Å²) < 4.78 is 0. The number of nitro benzene ring substituents is 1. The van der Waals surface area contributed by atoms with E-state index in [0.29, 0.717) is 5.69 Å². The number of carbonyl (C=O) groups excluding carboxylic acids is 1. The van der Waals surface area contributed by atoms with E-state index >= 15 is 0 Å². The van der Waals surface area contributed by atoms with Crippen LogP contribution >= 0.6 is 0 Å². The molecule has 0 radical (unpaired) electrons. The molecule has 0 atom stereocenters. The van der Waals surface area contributed by atoms with Crippen molar-refractivity contribution in [1.29, 1.82) is 5.26 Å².